The van der Waals surface area contributed by atoms with Crippen molar-refractivity contribution < 1.29 is 17.2 Å². The van der Waals surface area contributed by atoms with Gasteiger partial charge in [-0.15, -0.1) is 5.10 Å². The number of thioether (sulfide) groups is 1. The van der Waals surface area contributed by atoms with Gasteiger partial charge in [0.15, 0.2) is 5.82 Å². The van der Waals surface area contributed by atoms with Crippen molar-refractivity contribution >= 4 is 21.6 Å². The molecule has 0 unspecified atom stereocenters. The summed E-state index contributed by atoms with van der Waals surface area (Å²) < 4.78 is 48.7. The molecule has 0 aliphatic rings. The van der Waals surface area contributed by atoms with Crippen molar-refractivity contribution in [1.82, 2.24) is 15.2 Å². The molecule has 0 fully saturated rings. The fourth-order valence-corrected chi connectivity index (χ4v) is 4.03. The number of benzene rings is 1. The van der Waals surface area contributed by atoms with Gasteiger partial charge in [0.1, 0.15) is 21.5 Å². The summed E-state index contributed by atoms with van der Waals surface area (Å²) >= 11 is 1.29. The van der Waals surface area contributed by atoms with E-state index in [1.54, 1.807) is 0 Å². The zero-order chi connectivity index (χ0) is 16.3. The number of hydrogen-bond acceptors (Lipinski definition) is 5. The van der Waals surface area contributed by atoms with Gasteiger partial charge in [-0.3, -0.25) is 5.10 Å². The Balaban J connectivity index is 2.02. The molecule has 9 heteroatoms. The summed E-state index contributed by atoms with van der Waals surface area (Å²) in [5.74, 6) is -0.552. The molecule has 0 amide bonds. The van der Waals surface area contributed by atoms with Gasteiger partial charge in [-0.2, -0.15) is 0 Å². The first-order chi connectivity index (χ1) is 10.2. The van der Waals surface area contributed by atoms with E-state index in [4.69, 9.17) is 0 Å². The van der Waals surface area contributed by atoms with Crippen molar-refractivity contribution in [2.45, 2.75) is 12.1 Å². The molecular weight excluding hydrogens is 332 g/mol. The van der Waals surface area contributed by atoms with E-state index in [2.05, 4.69) is 15.2 Å². The second-order valence-corrected chi connectivity index (χ2v) is 8.31. The third kappa shape index (κ3) is 5.06. The maximum Gasteiger partial charge on any atom is 0.208 e. The van der Waals surface area contributed by atoms with Crippen molar-refractivity contribution in [3.8, 4) is 11.4 Å². The van der Waals surface area contributed by atoms with Crippen LogP contribution in [0.15, 0.2) is 23.4 Å². The normalized spacial score (nSPS) is 13.3. The molecule has 22 heavy (non-hydrogen) atoms. The van der Waals surface area contributed by atoms with Gasteiger partial charge in [0, 0.05) is 23.6 Å². The second-order valence-electron chi connectivity index (χ2n) is 5.13. The van der Waals surface area contributed by atoms with E-state index >= 15 is 0 Å². The highest BCUT2D eigenvalue weighted by molar-refractivity contribution is 7.99. The van der Waals surface area contributed by atoms with E-state index in [0.717, 1.165) is 18.2 Å². The fourth-order valence-electron chi connectivity index (χ4n) is 1.91. The third-order valence-corrected chi connectivity index (χ3v) is 5.04. The van der Waals surface area contributed by atoms with Crippen molar-refractivity contribution in [2.75, 3.05) is 17.8 Å². The van der Waals surface area contributed by atoms with Crippen LogP contribution in [0.2, 0.25) is 0 Å². The van der Waals surface area contributed by atoms with E-state index in [1.165, 1.54) is 18.0 Å². The SMILES string of the molecule is C[C@H](CSc1n[nH]c(-c2cc(F)cc(F)c2)n1)CS(C)(=O)=O. The van der Waals surface area contributed by atoms with Crippen LogP contribution in [-0.2, 0) is 9.84 Å². The minimum absolute atomic E-state index is 0.0476. The molecule has 0 spiro atoms. The summed E-state index contributed by atoms with van der Waals surface area (Å²) in [6, 6.07) is 3.09. The molecule has 1 N–H and O–H groups in total. The number of rotatable bonds is 6. The molecule has 1 atom stereocenters. The van der Waals surface area contributed by atoms with Crippen LogP contribution in [0.5, 0.6) is 0 Å². The average Bonchev–Trinajstić information content (AvgIpc) is 2.82. The molecule has 0 aliphatic carbocycles. The number of hydrogen-bond donors (Lipinski definition) is 1. The Hall–Kier alpha value is -1.48. The molecular formula is C13H15F2N3O2S2. The van der Waals surface area contributed by atoms with Gasteiger partial charge in [-0.1, -0.05) is 18.7 Å². The lowest BCUT2D eigenvalue weighted by Gasteiger charge is -2.07. The number of nitrogens with zero attached hydrogens (tertiary/aromatic N) is 2. The fraction of sp³-hybridized carbons (Fsp3) is 0.385. The number of H-pyrrole nitrogens is 1. The summed E-state index contributed by atoms with van der Waals surface area (Å²) in [6.45, 7) is 1.82. The number of sulfone groups is 1. The zero-order valence-corrected chi connectivity index (χ0v) is 13.6. The Labute approximate surface area is 131 Å². The smallest absolute Gasteiger partial charge is 0.208 e. The predicted molar refractivity (Wildman–Crippen MR) is 81.3 cm³/mol. The van der Waals surface area contributed by atoms with Gasteiger partial charge >= 0.3 is 0 Å². The van der Waals surface area contributed by atoms with Crippen LogP contribution < -0.4 is 0 Å². The zero-order valence-electron chi connectivity index (χ0n) is 12.0. The molecule has 1 heterocycles. The van der Waals surface area contributed by atoms with E-state index in [-0.39, 0.29) is 23.1 Å². The van der Waals surface area contributed by atoms with Gasteiger partial charge in [-0.05, 0) is 18.1 Å². The van der Waals surface area contributed by atoms with E-state index in [9.17, 15) is 17.2 Å². The summed E-state index contributed by atoms with van der Waals surface area (Å²) in [5.41, 5.74) is 0.265. The molecule has 0 saturated carbocycles. The van der Waals surface area contributed by atoms with Crippen LogP contribution in [-0.4, -0.2) is 41.4 Å². The first kappa shape index (κ1) is 16.9. The second kappa shape index (κ2) is 6.74. The van der Waals surface area contributed by atoms with Gasteiger partial charge in [0.05, 0.1) is 5.75 Å². The maximum atomic E-state index is 13.2. The maximum absolute atomic E-state index is 13.2. The molecule has 120 valence electrons. The lowest BCUT2D eigenvalue weighted by atomic mass is 10.2. The Kier molecular flexibility index (Phi) is 5.17. The Bertz CT molecular complexity index is 742. The van der Waals surface area contributed by atoms with E-state index in [1.807, 2.05) is 6.92 Å². The predicted octanol–water partition coefficient (Wildman–Crippen LogP) is 2.52. The minimum Gasteiger partial charge on any atom is -0.258 e. The standard InChI is InChI=1S/C13H15F2N3O2S2/c1-8(7-22(2,19)20)6-21-13-16-12(17-18-13)9-3-10(14)5-11(15)4-9/h3-5,8H,6-7H2,1-2H3,(H,16,17,18)/t8-/m1/s1. The number of aromatic amines is 1. The monoisotopic (exact) mass is 347 g/mol. The quantitative estimate of drug-likeness (QED) is 0.813. The molecule has 1 aromatic heterocycles. The van der Waals surface area contributed by atoms with Crippen LogP contribution in [0, 0.1) is 17.6 Å². The van der Waals surface area contributed by atoms with Crippen molar-refractivity contribution in [2.24, 2.45) is 5.92 Å². The highest BCUT2D eigenvalue weighted by Gasteiger charge is 2.13. The van der Waals surface area contributed by atoms with Gasteiger partial charge in [0.2, 0.25) is 5.16 Å². The number of aromatic nitrogens is 3. The van der Waals surface area contributed by atoms with Crippen molar-refractivity contribution in [3.63, 3.8) is 0 Å². The Morgan fingerprint density at radius 2 is 1.91 bits per heavy atom. The Morgan fingerprint density at radius 3 is 2.50 bits per heavy atom. The third-order valence-electron chi connectivity index (χ3n) is 2.69. The first-order valence-electron chi connectivity index (χ1n) is 6.42. The van der Waals surface area contributed by atoms with Crippen LogP contribution in [0.25, 0.3) is 11.4 Å². The van der Waals surface area contributed by atoms with Crippen molar-refractivity contribution in [3.05, 3.63) is 29.8 Å². The molecule has 0 aliphatic heterocycles. The highest BCUT2D eigenvalue weighted by atomic mass is 32.2. The lowest BCUT2D eigenvalue weighted by Crippen LogP contribution is -2.13. The van der Waals surface area contributed by atoms with Crippen LogP contribution >= 0.6 is 11.8 Å². The van der Waals surface area contributed by atoms with Gasteiger partial charge in [-0.25, -0.2) is 22.2 Å². The number of nitrogens with one attached hydrogen (secondary N) is 1. The van der Waals surface area contributed by atoms with E-state index < -0.39 is 21.5 Å². The highest BCUT2D eigenvalue weighted by Crippen LogP contribution is 2.22. The number of halogens is 2. The Morgan fingerprint density at radius 1 is 1.27 bits per heavy atom. The topological polar surface area (TPSA) is 75.7 Å². The largest absolute Gasteiger partial charge is 0.258 e. The molecule has 0 bridgehead atoms. The summed E-state index contributed by atoms with van der Waals surface area (Å²) in [7, 11) is -3.02. The van der Waals surface area contributed by atoms with Crippen molar-refractivity contribution in [1.29, 1.82) is 0 Å². The molecule has 0 saturated heterocycles. The molecule has 2 rings (SSSR count). The average molecular weight is 347 g/mol. The van der Waals surface area contributed by atoms with Gasteiger partial charge < -0.3 is 0 Å². The van der Waals surface area contributed by atoms with Crippen LogP contribution in [0.3, 0.4) is 0 Å². The summed E-state index contributed by atoms with van der Waals surface area (Å²) in [5, 5.41) is 6.97. The van der Waals surface area contributed by atoms with Crippen LogP contribution in [0.4, 0.5) is 8.78 Å². The van der Waals surface area contributed by atoms with E-state index in [0.29, 0.717) is 10.9 Å². The lowest BCUT2D eigenvalue weighted by molar-refractivity contribution is 0.583. The van der Waals surface area contributed by atoms with Gasteiger partial charge in [0.25, 0.3) is 0 Å². The van der Waals surface area contributed by atoms with Crippen LogP contribution in [0.1, 0.15) is 6.92 Å². The molecule has 2 aromatic rings. The minimum atomic E-state index is -3.02. The summed E-state index contributed by atoms with van der Waals surface area (Å²) in [4.78, 5) is 4.14. The summed E-state index contributed by atoms with van der Waals surface area (Å²) in [6.07, 6.45) is 1.19. The first-order valence-corrected chi connectivity index (χ1v) is 9.47. The molecule has 0 radical (unpaired) electrons. The molecule has 5 nitrogen and oxygen atoms in total. The molecule has 1 aromatic carbocycles.